The van der Waals surface area contributed by atoms with Crippen LogP contribution in [0.5, 0.6) is 11.5 Å². The zero-order chi connectivity index (χ0) is 29.6. The van der Waals surface area contributed by atoms with Crippen LogP contribution in [0.4, 0.5) is 5.69 Å². The van der Waals surface area contributed by atoms with E-state index in [-0.39, 0.29) is 18.2 Å². The molecule has 0 bridgehead atoms. The lowest BCUT2D eigenvalue weighted by molar-refractivity contribution is -0.137. The first kappa shape index (κ1) is 29.8. The van der Waals surface area contributed by atoms with Gasteiger partial charge in [0.2, 0.25) is 0 Å². The van der Waals surface area contributed by atoms with Crippen molar-refractivity contribution in [2.45, 2.75) is 44.6 Å². The third kappa shape index (κ3) is 7.57. The molecule has 8 heteroatoms. The van der Waals surface area contributed by atoms with Gasteiger partial charge in [0, 0.05) is 37.8 Å². The molecule has 222 valence electrons. The van der Waals surface area contributed by atoms with E-state index in [4.69, 9.17) is 21.1 Å². The molecule has 1 saturated carbocycles. The average molecular weight is 591 g/mol. The van der Waals surface area contributed by atoms with E-state index in [0.717, 1.165) is 67.1 Å². The van der Waals surface area contributed by atoms with E-state index in [1.54, 1.807) is 12.0 Å². The van der Waals surface area contributed by atoms with Gasteiger partial charge in [-0.2, -0.15) is 0 Å². The lowest BCUT2D eigenvalue weighted by Gasteiger charge is -2.35. The van der Waals surface area contributed by atoms with Gasteiger partial charge in [0.25, 0.3) is 5.91 Å². The molecule has 1 aliphatic carbocycles. The van der Waals surface area contributed by atoms with E-state index < -0.39 is 5.97 Å². The number of anilines is 1. The van der Waals surface area contributed by atoms with Crippen molar-refractivity contribution in [3.8, 4) is 11.5 Å². The Morgan fingerprint density at radius 2 is 1.76 bits per heavy atom. The van der Waals surface area contributed by atoms with Crippen LogP contribution in [0.25, 0.3) is 0 Å². The standard InChI is InChI=1S/C34H39ClN2O5/c1-36(21-24-5-3-7-27(35)17-24)34(40)30-12-11-28(41-2)19-32(30)37-15-13-23(14-16-37)22-42-29-8-4-6-26(18-29)31(20-33(38)39)25-9-10-25/h3-8,11-12,17-19,23,25,31H,9-10,13-16,20-22H2,1-2H3,(H,38,39). The molecule has 1 heterocycles. The van der Waals surface area contributed by atoms with Gasteiger partial charge in [-0.1, -0.05) is 35.9 Å². The summed E-state index contributed by atoms with van der Waals surface area (Å²) in [5, 5.41) is 10.0. The molecular formula is C34H39ClN2O5. The molecule has 0 spiro atoms. The van der Waals surface area contributed by atoms with Gasteiger partial charge in [0.1, 0.15) is 11.5 Å². The normalized spacial score (nSPS) is 16.1. The van der Waals surface area contributed by atoms with Gasteiger partial charge in [-0.15, -0.1) is 0 Å². The highest BCUT2D eigenvalue weighted by atomic mass is 35.5. The van der Waals surface area contributed by atoms with Crippen molar-refractivity contribution in [1.82, 2.24) is 4.90 Å². The number of carbonyl (C=O) groups excluding carboxylic acids is 1. The number of ether oxygens (including phenoxy) is 2. The first-order valence-corrected chi connectivity index (χ1v) is 15.1. The van der Waals surface area contributed by atoms with Gasteiger partial charge in [-0.25, -0.2) is 0 Å². The molecule has 3 aromatic rings. The van der Waals surface area contributed by atoms with Crippen molar-refractivity contribution in [3.63, 3.8) is 0 Å². The van der Waals surface area contributed by atoms with Crippen LogP contribution in [0.15, 0.2) is 66.7 Å². The number of carbonyl (C=O) groups is 2. The number of hydrogen-bond acceptors (Lipinski definition) is 5. The Morgan fingerprint density at radius 1 is 1.00 bits per heavy atom. The minimum absolute atomic E-state index is 0.0506. The molecule has 0 radical (unpaired) electrons. The lowest BCUT2D eigenvalue weighted by Crippen LogP contribution is -2.37. The molecule has 1 unspecified atom stereocenters. The molecule has 7 nitrogen and oxygen atoms in total. The summed E-state index contributed by atoms with van der Waals surface area (Å²) < 4.78 is 11.7. The second-order valence-electron chi connectivity index (χ2n) is 11.5. The number of carboxylic acid groups (broad SMARTS) is 1. The molecule has 1 N–H and O–H groups in total. The molecule has 1 saturated heterocycles. The predicted molar refractivity (Wildman–Crippen MR) is 165 cm³/mol. The molecule has 1 atom stereocenters. The number of amides is 1. The molecule has 5 rings (SSSR count). The highest BCUT2D eigenvalue weighted by Gasteiger charge is 2.34. The Balaban J connectivity index is 1.20. The largest absolute Gasteiger partial charge is 0.497 e. The maximum atomic E-state index is 13.6. The van der Waals surface area contributed by atoms with E-state index in [2.05, 4.69) is 4.90 Å². The summed E-state index contributed by atoms with van der Waals surface area (Å²) in [5.41, 5.74) is 3.57. The summed E-state index contributed by atoms with van der Waals surface area (Å²) in [7, 11) is 3.45. The predicted octanol–water partition coefficient (Wildman–Crippen LogP) is 6.88. The number of rotatable bonds is 12. The molecular weight excluding hydrogens is 552 g/mol. The van der Waals surface area contributed by atoms with Crippen molar-refractivity contribution >= 4 is 29.2 Å². The van der Waals surface area contributed by atoms with Crippen LogP contribution in [0, 0.1) is 11.8 Å². The summed E-state index contributed by atoms with van der Waals surface area (Å²) in [4.78, 5) is 29.0. The Kier molecular flexibility index (Phi) is 9.58. The summed E-state index contributed by atoms with van der Waals surface area (Å²) in [5.74, 6) is 1.62. The van der Waals surface area contributed by atoms with Crippen molar-refractivity contribution in [3.05, 3.63) is 88.4 Å². The van der Waals surface area contributed by atoms with Gasteiger partial charge in [-0.3, -0.25) is 9.59 Å². The smallest absolute Gasteiger partial charge is 0.303 e. The van der Waals surface area contributed by atoms with E-state index in [1.165, 1.54) is 0 Å². The maximum Gasteiger partial charge on any atom is 0.303 e. The summed E-state index contributed by atoms with van der Waals surface area (Å²) >= 11 is 6.15. The Labute approximate surface area is 253 Å². The van der Waals surface area contributed by atoms with E-state index in [0.29, 0.717) is 35.6 Å². The average Bonchev–Trinajstić information content (AvgIpc) is 3.84. The maximum absolute atomic E-state index is 13.6. The third-order valence-electron chi connectivity index (χ3n) is 8.40. The van der Waals surface area contributed by atoms with Crippen LogP contribution in [-0.4, -0.2) is 55.7 Å². The quantitative estimate of drug-likeness (QED) is 0.248. The number of carboxylic acids is 1. The second kappa shape index (κ2) is 13.5. The van der Waals surface area contributed by atoms with Crippen LogP contribution < -0.4 is 14.4 Å². The SMILES string of the molecule is COc1ccc(C(=O)N(C)Cc2cccc(Cl)c2)c(N2CCC(COc3cccc(C(CC(=O)O)C4CC4)c3)CC2)c1. The Hall–Kier alpha value is -3.71. The zero-order valence-corrected chi connectivity index (χ0v) is 25.1. The fraction of sp³-hybridized carbons (Fsp3) is 0.412. The number of benzene rings is 3. The summed E-state index contributed by atoms with van der Waals surface area (Å²) in [6.07, 6.45) is 4.23. The topological polar surface area (TPSA) is 79.3 Å². The number of nitrogens with zero attached hydrogens (tertiary/aromatic N) is 2. The van der Waals surface area contributed by atoms with Crippen LogP contribution in [-0.2, 0) is 11.3 Å². The van der Waals surface area contributed by atoms with Gasteiger partial charge in [0.15, 0.2) is 0 Å². The molecule has 42 heavy (non-hydrogen) atoms. The second-order valence-corrected chi connectivity index (χ2v) is 12.0. The Bertz CT molecular complexity index is 1400. The molecule has 3 aromatic carbocycles. The molecule has 1 amide bonds. The third-order valence-corrected chi connectivity index (χ3v) is 8.64. The van der Waals surface area contributed by atoms with Gasteiger partial charge in [-0.05, 0) is 91.0 Å². The Morgan fingerprint density at radius 3 is 2.45 bits per heavy atom. The van der Waals surface area contributed by atoms with Gasteiger partial charge >= 0.3 is 5.97 Å². The van der Waals surface area contributed by atoms with Crippen LogP contribution in [0.2, 0.25) is 5.02 Å². The van der Waals surface area contributed by atoms with E-state index >= 15 is 0 Å². The van der Waals surface area contributed by atoms with Crippen LogP contribution in [0.3, 0.4) is 0 Å². The number of aliphatic carboxylic acids is 1. The number of hydrogen-bond donors (Lipinski definition) is 1. The first-order valence-electron chi connectivity index (χ1n) is 14.7. The van der Waals surface area contributed by atoms with Crippen LogP contribution >= 0.6 is 11.6 Å². The first-order chi connectivity index (χ1) is 20.3. The fourth-order valence-electron chi connectivity index (χ4n) is 5.90. The van der Waals surface area contributed by atoms with Gasteiger partial charge < -0.3 is 24.4 Å². The van der Waals surface area contributed by atoms with Crippen molar-refractivity contribution in [2.75, 3.05) is 38.8 Å². The van der Waals surface area contributed by atoms with Crippen molar-refractivity contribution in [2.24, 2.45) is 11.8 Å². The van der Waals surface area contributed by atoms with Crippen molar-refractivity contribution < 1.29 is 24.2 Å². The summed E-state index contributed by atoms with van der Waals surface area (Å²) in [6.45, 7) is 2.68. The number of methoxy groups -OCH3 is 1. The van der Waals surface area contributed by atoms with E-state index in [1.807, 2.05) is 73.8 Å². The monoisotopic (exact) mass is 590 g/mol. The number of piperidine rings is 1. The molecule has 2 fully saturated rings. The van der Waals surface area contributed by atoms with Crippen molar-refractivity contribution in [1.29, 1.82) is 0 Å². The number of halogens is 1. The minimum Gasteiger partial charge on any atom is -0.497 e. The molecule has 2 aliphatic rings. The van der Waals surface area contributed by atoms with E-state index in [9.17, 15) is 14.7 Å². The molecule has 1 aliphatic heterocycles. The highest BCUT2D eigenvalue weighted by molar-refractivity contribution is 6.30. The fourth-order valence-corrected chi connectivity index (χ4v) is 6.11. The molecule has 0 aromatic heterocycles. The zero-order valence-electron chi connectivity index (χ0n) is 24.3. The minimum atomic E-state index is -0.751. The van der Waals surface area contributed by atoms with Crippen LogP contribution in [0.1, 0.15) is 59.5 Å². The summed E-state index contributed by atoms with van der Waals surface area (Å²) in [6, 6.07) is 21.2. The van der Waals surface area contributed by atoms with Gasteiger partial charge in [0.05, 0.1) is 31.4 Å². The lowest BCUT2D eigenvalue weighted by atomic mass is 9.91. The highest BCUT2D eigenvalue weighted by Crippen LogP contribution is 2.45.